The highest BCUT2D eigenvalue weighted by molar-refractivity contribution is 9.10. The van der Waals surface area contributed by atoms with Crippen molar-refractivity contribution in [1.29, 1.82) is 0 Å². The van der Waals surface area contributed by atoms with E-state index in [1.165, 1.54) is 0 Å². The summed E-state index contributed by atoms with van der Waals surface area (Å²) in [6.45, 7) is 2.98. The lowest BCUT2D eigenvalue weighted by atomic mass is 10.1. The van der Waals surface area contributed by atoms with Crippen molar-refractivity contribution in [3.8, 4) is 11.5 Å². The lowest BCUT2D eigenvalue weighted by molar-refractivity contribution is -0.121. The van der Waals surface area contributed by atoms with Gasteiger partial charge in [0.2, 0.25) is 5.91 Å². The molecule has 0 aliphatic carbocycles. The second-order valence-electron chi connectivity index (χ2n) is 5.29. The summed E-state index contributed by atoms with van der Waals surface area (Å²) in [4.78, 5) is 12.0. The lowest BCUT2D eigenvalue weighted by Gasteiger charge is -2.11. The van der Waals surface area contributed by atoms with Crippen LogP contribution >= 0.6 is 15.9 Å². The molecule has 0 fully saturated rings. The number of methoxy groups -OCH3 is 1. The average molecular weight is 392 g/mol. The number of amides is 1. The number of hydrogen-bond acceptors (Lipinski definition) is 3. The van der Waals surface area contributed by atoms with Crippen molar-refractivity contribution in [2.45, 2.75) is 26.3 Å². The van der Waals surface area contributed by atoms with Crippen molar-refractivity contribution in [3.05, 3.63) is 58.1 Å². The first-order valence-electron chi connectivity index (χ1n) is 7.93. The molecule has 0 radical (unpaired) electrons. The Bertz CT molecular complexity index is 688. The van der Waals surface area contributed by atoms with Crippen LogP contribution in [0.15, 0.2) is 46.9 Å². The molecule has 0 aliphatic heterocycles. The van der Waals surface area contributed by atoms with Gasteiger partial charge in [-0.25, -0.2) is 0 Å². The summed E-state index contributed by atoms with van der Waals surface area (Å²) in [5, 5.41) is 2.94. The van der Waals surface area contributed by atoms with E-state index < -0.39 is 0 Å². The number of aryl methyl sites for hydroxylation is 1. The molecule has 2 aromatic carbocycles. The summed E-state index contributed by atoms with van der Waals surface area (Å²) in [6, 6.07) is 13.6. The number of halogens is 1. The fourth-order valence-corrected chi connectivity index (χ4v) is 2.82. The number of nitrogens with one attached hydrogen (secondary N) is 1. The molecule has 1 N–H and O–H groups in total. The van der Waals surface area contributed by atoms with Crippen LogP contribution in [0.2, 0.25) is 0 Å². The molecule has 2 rings (SSSR count). The van der Waals surface area contributed by atoms with E-state index in [0.29, 0.717) is 37.5 Å². The summed E-state index contributed by atoms with van der Waals surface area (Å²) in [7, 11) is 1.61. The van der Waals surface area contributed by atoms with Crippen LogP contribution in [0.1, 0.15) is 24.5 Å². The molecular weight excluding hydrogens is 370 g/mol. The summed E-state index contributed by atoms with van der Waals surface area (Å²) >= 11 is 3.50. The van der Waals surface area contributed by atoms with E-state index >= 15 is 0 Å². The topological polar surface area (TPSA) is 47.6 Å². The van der Waals surface area contributed by atoms with Crippen molar-refractivity contribution in [1.82, 2.24) is 5.32 Å². The van der Waals surface area contributed by atoms with E-state index in [0.717, 1.165) is 15.6 Å². The molecule has 0 unspecified atom stereocenters. The van der Waals surface area contributed by atoms with Gasteiger partial charge in [0.25, 0.3) is 0 Å². The second-order valence-corrected chi connectivity index (χ2v) is 6.14. The van der Waals surface area contributed by atoms with Gasteiger partial charge in [0.1, 0.15) is 0 Å². The molecule has 0 aromatic heterocycles. The number of hydrogen-bond donors (Lipinski definition) is 1. The van der Waals surface area contributed by atoms with Crippen LogP contribution in [0, 0.1) is 0 Å². The highest BCUT2D eigenvalue weighted by Gasteiger charge is 2.08. The fourth-order valence-electron chi connectivity index (χ4n) is 2.34. The van der Waals surface area contributed by atoms with Gasteiger partial charge in [-0.2, -0.15) is 0 Å². The molecule has 0 atom stereocenters. The third-order valence-electron chi connectivity index (χ3n) is 3.60. The lowest BCUT2D eigenvalue weighted by Crippen LogP contribution is -2.23. The Balaban J connectivity index is 1.86. The van der Waals surface area contributed by atoms with Crippen LogP contribution in [0.4, 0.5) is 0 Å². The van der Waals surface area contributed by atoms with Gasteiger partial charge in [0.15, 0.2) is 11.5 Å². The van der Waals surface area contributed by atoms with Crippen molar-refractivity contribution in [2.75, 3.05) is 13.7 Å². The summed E-state index contributed by atoms with van der Waals surface area (Å²) < 4.78 is 11.8. The van der Waals surface area contributed by atoms with Gasteiger partial charge in [-0.05, 0) is 42.7 Å². The molecule has 0 aliphatic rings. The Morgan fingerprint density at radius 1 is 1.17 bits per heavy atom. The number of benzene rings is 2. The van der Waals surface area contributed by atoms with Gasteiger partial charge in [-0.3, -0.25) is 4.79 Å². The predicted octanol–water partition coefficient (Wildman–Crippen LogP) is 4.11. The van der Waals surface area contributed by atoms with Crippen molar-refractivity contribution in [3.63, 3.8) is 0 Å². The van der Waals surface area contributed by atoms with Gasteiger partial charge in [-0.15, -0.1) is 0 Å². The third-order valence-corrected chi connectivity index (χ3v) is 4.37. The number of carbonyl (C=O) groups excluding carboxylic acids is 1. The standard InChI is InChI=1S/C19H22BrNO3/c1-3-24-17-10-8-14(12-18(17)23-2)13-21-19(22)11-9-15-6-4-5-7-16(15)20/h4-8,10,12H,3,9,11,13H2,1-2H3,(H,21,22). The molecule has 5 heteroatoms. The van der Waals surface area contributed by atoms with Gasteiger partial charge >= 0.3 is 0 Å². The van der Waals surface area contributed by atoms with E-state index in [1.54, 1.807) is 7.11 Å². The first-order valence-corrected chi connectivity index (χ1v) is 8.73. The minimum absolute atomic E-state index is 0.0265. The van der Waals surface area contributed by atoms with Crippen molar-refractivity contribution >= 4 is 21.8 Å². The van der Waals surface area contributed by atoms with Crippen LogP contribution in [0.5, 0.6) is 11.5 Å². The van der Waals surface area contributed by atoms with E-state index in [2.05, 4.69) is 21.2 Å². The molecule has 4 nitrogen and oxygen atoms in total. The summed E-state index contributed by atoms with van der Waals surface area (Å²) in [6.07, 6.45) is 1.16. The Morgan fingerprint density at radius 2 is 1.96 bits per heavy atom. The van der Waals surface area contributed by atoms with Gasteiger partial charge in [0, 0.05) is 17.4 Å². The first kappa shape index (κ1) is 18.3. The summed E-state index contributed by atoms with van der Waals surface area (Å²) in [5.74, 6) is 1.42. The van der Waals surface area contributed by atoms with Gasteiger partial charge in [0.05, 0.1) is 13.7 Å². The van der Waals surface area contributed by atoms with E-state index in [4.69, 9.17) is 9.47 Å². The maximum Gasteiger partial charge on any atom is 0.220 e. The molecule has 0 heterocycles. The molecule has 0 bridgehead atoms. The number of rotatable bonds is 8. The molecule has 0 spiro atoms. The number of carbonyl (C=O) groups is 1. The smallest absolute Gasteiger partial charge is 0.220 e. The molecule has 1 amide bonds. The van der Waals surface area contributed by atoms with Crippen LogP contribution in [0.25, 0.3) is 0 Å². The Labute approximate surface area is 151 Å². The minimum Gasteiger partial charge on any atom is -0.493 e. The Morgan fingerprint density at radius 3 is 2.67 bits per heavy atom. The monoisotopic (exact) mass is 391 g/mol. The van der Waals surface area contributed by atoms with Crippen LogP contribution < -0.4 is 14.8 Å². The first-order chi connectivity index (χ1) is 11.6. The molecule has 24 heavy (non-hydrogen) atoms. The molecular formula is C19H22BrNO3. The van der Waals surface area contributed by atoms with Crippen molar-refractivity contribution < 1.29 is 14.3 Å². The molecule has 0 saturated carbocycles. The Kier molecular flexibility index (Phi) is 7.12. The predicted molar refractivity (Wildman–Crippen MR) is 98.5 cm³/mol. The minimum atomic E-state index is 0.0265. The maximum atomic E-state index is 12.0. The van der Waals surface area contributed by atoms with E-state index in [1.807, 2.05) is 49.4 Å². The molecule has 2 aromatic rings. The third kappa shape index (κ3) is 5.27. The molecule has 128 valence electrons. The summed E-state index contributed by atoms with van der Waals surface area (Å²) in [5.41, 5.74) is 2.11. The van der Waals surface area contributed by atoms with E-state index in [-0.39, 0.29) is 5.91 Å². The maximum absolute atomic E-state index is 12.0. The van der Waals surface area contributed by atoms with Crippen LogP contribution in [0.3, 0.4) is 0 Å². The highest BCUT2D eigenvalue weighted by Crippen LogP contribution is 2.28. The van der Waals surface area contributed by atoms with Gasteiger partial charge < -0.3 is 14.8 Å². The zero-order valence-electron chi connectivity index (χ0n) is 14.0. The van der Waals surface area contributed by atoms with Crippen LogP contribution in [-0.2, 0) is 17.8 Å². The van der Waals surface area contributed by atoms with E-state index in [9.17, 15) is 4.79 Å². The Hall–Kier alpha value is -2.01. The van der Waals surface area contributed by atoms with Crippen molar-refractivity contribution in [2.24, 2.45) is 0 Å². The molecule has 0 saturated heterocycles. The second kappa shape index (κ2) is 9.33. The normalized spacial score (nSPS) is 10.3. The fraction of sp³-hybridized carbons (Fsp3) is 0.316. The van der Waals surface area contributed by atoms with Gasteiger partial charge in [-0.1, -0.05) is 40.2 Å². The SMILES string of the molecule is CCOc1ccc(CNC(=O)CCc2ccccc2Br)cc1OC. The largest absolute Gasteiger partial charge is 0.493 e. The average Bonchev–Trinajstić information content (AvgIpc) is 2.60. The zero-order valence-corrected chi connectivity index (χ0v) is 15.6. The highest BCUT2D eigenvalue weighted by atomic mass is 79.9. The quantitative estimate of drug-likeness (QED) is 0.736. The zero-order chi connectivity index (χ0) is 17.4. The van der Waals surface area contributed by atoms with Crippen LogP contribution in [-0.4, -0.2) is 19.6 Å². The number of ether oxygens (including phenoxy) is 2.